The molecular formula is C15H17F3N2O3. The Morgan fingerprint density at radius 3 is 2.65 bits per heavy atom. The molecule has 1 heterocycles. The lowest BCUT2D eigenvalue weighted by atomic mass is 9.84. The molecule has 0 saturated carbocycles. The molecule has 1 aliphatic heterocycles. The van der Waals surface area contributed by atoms with Gasteiger partial charge < -0.3 is 10.1 Å². The van der Waals surface area contributed by atoms with Crippen LogP contribution in [0.5, 0.6) is 0 Å². The molecule has 0 radical (unpaired) electrons. The minimum absolute atomic E-state index is 0.0624. The Balaban J connectivity index is 2.39. The van der Waals surface area contributed by atoms with Crippen molar-refractivity contribution in [3.05, 3.63) is 29.3 Å². The Hall–Kier alpha value is -2.25. The van der Waals surface area contributed by atoms with Crippen LogP contribution < -0.4 is 10.6 Å². The van der Waals surface area contributed by atoms with Crippen molar-refractivity contribution in [1.29, 1.82) is 0 Å². The zero-order valence-corrected chi connectivity index (χ0v) is 12.7. The molecule has 0 saturated heterocycles. The van der Waals surface area contributed by atoms with Gasteiger partial charge in [0.05, 0.1) is 18.6 Å². The first kappa shape index (κ1) is 17.1. The third kappa shape index (κ3) is 3.75. The number of carbonyl (C=O) groups is 2. The monoisotopic (exact) mass is 330 g/mol. The lowest BCUT2D eigenvalue weighted by Gasteiger charge is -2.32. The Bertz CT molecular complexity index is 616. The highest BCUT2D eigenvalue weighted by molar-refractivity contribution is 5.96. The second kappa shape index (κ2) is 6.47. The number of ether oxygens (including phenoxy) is 1. The van der Waals surface area contributed by atoms with Crippen LogP contribution in [-0.2, 0) is 15.7 Å². The minimum Gasteiger partial charge on any atom is -0.453 e. The minimum atomic E-state index is -4.50. The van der Waals surface area contributed by atoms with Crippen molar-refractivity contribution in [3.63, 3.8) is 0 Å². The van der Waals surface area contributed by atoms with Crippen molar-refractivity contribution >= 4 is 17.7 Å². The van der Waals surface area contributed by atoms with Crippen LogP contribution >= 0.6 is 0 Å². The molecule has 2 amide bonds. The number of carbonyl (C=O) groups excluding carboxylic acids is 2. The average molecular weight is 330 g/mol. The molecule has 0 bridgehead atoms. The number of benzene rings is 1. The van der Waals surface area contributed by atoms with Gasteiger partial charge >= 0.3 is 12.3 Å². The summed E-state index contributed by atoms with van der Waals surface area (Å²) in [6, 6.07) is 3.18. The maximum Gasteiger partial charge on any atom is 0.416 e. The number of hydrogen-bond donors (Lipinski definition) is 2. The van der Waals surface area contributed by atoms with E-state index in [0.29, 0.717) is 18.5 Å². The van der Waals surface area contributed by atoms with E-state index in [1.54, 1.807) is 0 Å². The van der Waals surface area contributed by atoms with E-state index in [2.05, 4.69) is 10.1 Å². The van der Waals surface area contributed by atoms with Crippen molar-refractivity contribution in [3.8, 4) is 0 Å². The Kier molecular flexibility index (Phi) is 4.82. The maximum atomic E-state index is 12.9. The van der Waals surface area contributed by atoms with Crippen molar-refractivity contribution in [2.45, 2.75) is 37.9 Å². The Morgan fingerprint density at radius 2 is 2.09 bits per heavy atom. The van der Waals surface area contributed by atoms with Crippen LogP contribution in [0.15, 0.2) is 18.2 Å². The maximum absolute atomic E-state index is 12.9. The quantitative estimate of drug-likeness (QED) is 0.873. The fourth-order valence-corrected chi connectivity index (χ4v) is 2.60. The summed E-state index contributed by atoms with van der Waals surface area (Å²) in [5, 5.41) is 5.15. The third-order valence-corrected chi connectivity index (χ3v) is 3.85. The molecule has 2 rings (SSSR count). The van der Waals surface area contributed by atoms with Crippen LogP contribution in [0.4, 0.5) is 23.7 Å². The summed E-state index contributed by atoms with van der Waals surface area (Å²) < 4.78 is 43.1. The summed E-state index contributed by atoms with van der Waals surface area (Å²) in [6.45, 7) is 1.90. The lowest BCUT2D eigenvalue weighted by Crippen LogP contribution is -2.39. The summed E-state index contributed by atoms with van der Waals surface area (Å²) in [4.78, 5) is 23.4. The summed E-state index contributed by atoms with van der Waals surface area (Å²) in [6.07, 6.45) is -4.44. The first-order valence-electron chi connectivity index (χ1n) is 7.12. The predicted molar refractivity (Wildman–Crippen MR) is 77.1 cm³/mol. The van der Waals surface area contributed by atoms with Gasteiger partial charge in [-0.15, -0.1) is 0 Å². The molecule has 0 aromatic heterocycles. The molecule has 1 aliphatic rings. The molecular weight excluding hydrogens is 313 g/mol. The molecule has 0 spiro atoms. The molecule has 2 atom stereocenters. The van der Waals surface area contributed by atoms with Gasteiger partial charge in [-0.25, -0.2) is 4.79 Å². The molecule has 0 fully saturated rings. The van der Waals surface area contributed by atoms with E-state index in [-0.39, 0.29) is 11.6 Å². The Morgan fingerprint density at radius 1 is 1.39 bits per heavy atom. The van der Waals surface area contributed by atoms with E-state index in [9.17, 15) is 22.8 Å². The van der Waals surface area contributed by atoms with Crippen LogP contribution in [0, 0.1) is 0 Å². The number of nitrogens with one attached hydrogen (secondary N) is 2. The van der Waals surface area contributed by atoms with E-state index >= 15 is 0 Å². The normalized spacial score (nSPS) is 20.2. The van der Waals surface area contributed by atoms with Crippen molar-refractivity contribution in [2.24, 2.45) is 0 Å². The molecule has 5 nitrogen and oxygen atoms in total. The fraction of sp³-hybridized carbons (Fsp3) is 0.467. The first-order chi connectivity index (χ1) is 10.8. The van der Waals surface area contributed by atoms with Gasteiger partial charge in [0.1, 0.15) is 0 Å². The average Bonchev–Trinajstić information content (AvgIpc) is 2.51. The van der Waals surface area contributed by atoms with E-state index in [1.165, 1.54) is 6.07 Å². The van der Waals surface area contributed by atoms with Crippen molar-refractivity contribution in [1.82, 2.24) is 5.32 Å². The highest BCUT2D eigenvalue weighted by atomic mass is 19.4. The molecule has 23 heavy (non-hydrogen) atoms. The van der Waals surface area contributed by atoms with E-state index in [0.717, 1.165) is 19.2 Å². The van der Waals surface area contributed by atoms with E-state index in [4.69, 9.17) is 0 Å². The van der Waals surface area contributed by atoms with Crippen LogP contribution in [0.25, 0.3) is 0 Å². The van der Waals surface area contributed by atoms with Gasteiger partial charge in [0, 0.05) is 11.7 Å². The number of alkyl halides is 3. The van der Waals surface area contributed by atoms with Gasteiger partial charge in [-0.2, -0.15) is 13.2 Å². The van der Waals surface area contributed by atoms with Crippen LogP contribution in [0.3, 0.4) is 0 Å². The van der Waals surface area contributed by atoms with Gasteiger partial charge in [-0.05, 0) is 36.6 Å². The number of alkyl carbamates (subject to hydrolysis) is 1. The van der Waals surface area contributed by atoms with Crippen LogP contribution in [0.2, 0.25) is 0 Å². The van der Waals surface area contributed by atoms with E-state index < -0.39 is 29.7 Å². The molecule has 1 aromatic carbocycles. The smallest absolute Gasteiger partial charge is 0.416 e. The van der Waals surface area contributed by atoms with Gasteiger partial charge in [0.25, 0.3) is 0 Å². The van der Waals surface area contributed by atoms with Gasteiger partial charge in [-0.3, -0.25) is 10.1 Å². The number of amides is 2. The number of hydrogen-bond acceptors (Lipinski definition) is 4. The highest BCUT2D eigenvalue weighted by Gasteiger charge is 2.36. The highest BCUT2D eigenvalue weighted by Crippen LogP contribution is 2.39. The number of rotatable bonds is 2. The van der Waals surface area contributed by atoms with Crippen molar-refractivity contribution < 1.29 is 27.5 Å². The molecule has 0 aliphatic carbocycles. The summed E-state index contributed by atoms with van der Waals surface area (Å²) in [5.74, 6) is -1.52. The number of anilines is 1. The van der Waals surface area contributed by atoms with E-state index in [1.807, 2.05) is 12.2 Å². The molecule has 0 unspecified atom stereocenters. The van der Waals surface area contributed by atoms with Gasteiger partial charge in [0.15, 0.2) is 0 Å². The number of methoxy groups -OCH3 is 1. The molecule has 2 N–H and O–H groups in total. The second-order valence-corrected chi connectivity index (χ2v) is 5.32. The summed E-state index contributed by atoms with van der Waals surface area (Å²) in [7, 11) is 1.11. The summed E-state index contributed by atoms with van der Waals surface area (Å²) in [5.41, 5.74) is -0.129. The molecule has 8 heteroatoms. The molecule has 1 aromatic rings. The summed E-state index contributed by atoms with van der Waals surface area (Å²) >= 11 is 0. The second-order valence-electron chi connectivity index (χ2n) is 5.32. The zero-order chi connectivity index (χ0) is 17.2. The number of fused-ring (bicyclic) bond motifs is 1. The standard InChI is InChI=1S/C15H17F3N2O3/c1-3-9-7-11(13(21)20-14(22)23-2)10-6-8(15(16,17)18)4-5-12(10)19-9/h4-6,9,11,19H,3,7H2,1-2H3,(H,20,21,22)/t9-,11+/m0/s1. The zero-order valence-electron chi connectivity index (χ0n) is 12.7. The van der Waals surface area contributed by atoms with Crippen LogP contribution in [-0.4, -0.2) is 25.2 Å². The van der Waals surface area contributed by atoms with Crippen LogP contribution in [0.1, 0.15) is 36.8 Å². The number of imide groups is 1. The molecule has 126 valence electrons. The van der Waals surface area contributed by atoms with Gasteiger partial charge in [0.2, 0.25) is 5.91 Å². The third-order valence-electron chi connectivity index (χ3n) is 3.85. The SMILES string of the molecule is CC[C@H]1C[C@@H](C(=O)NC(=O)OC)c2cc(C(F)(F)F)ccc2N1. The topological polar surface area (TPSA) is 67.4 Å². The first-order valence-corrected chi connectivity index (χ1v) is 7.12. The largest absolute Gasteiger partial charge is 0.453 e. The lowest BCUT2D eigenvalue weighted by molar-refractivity contribution is -0.137. The van der Waals surface area contributed by atoms with Gasteiger partial charge in [-0.1, -0.05) is 6.92 Å². The van der Waals surface area contributed by atoms with Crippen molar-refractivity contribution in [2.75, 3.05) is 12.4 Å². The fourth-order valence-electron chi connectivity index (χ4n) is 2.60. The number of halogens is 3. The Labute approximate surface area is 131 Å². The predicted octanol–water partition coefficient (Wildman–Crippen LogP) is 3.27.